The molecule has 0 atom stereocenters. The van der Waals surface area contributed by atoms with E-state index in [1.54, 1.807) is 0 Å². The highest BCUT2D eigenvalue weighted by Gasteiger charge is 1.93. The minimum absolute atomic E-state index is 0.337. The van der Waals surface area contributed by atoms with Gasteiger partial charge in [0.05, 0.1) is 0 Å². The van der Waals surface area contributed by atoms with Crippen molar-refractivity contribution in [2.45, 2.75) is 32.1 Å². The van der Waals surface area contributed by atoms with Crippen LogP contribution in [-0.2, 0) is 6.42 Å². The number of hydrogen-bond donors (Lipinski definition) is 1. The van der Waals surface area contributed by atoms with E-state index in [1.807, 2.05) is 0 Å². The number of hydrogen-bond acceptors (Lipinski definition) is 1. The van der Waals surface area contributed by atoms with Gasteiger partial charge in [-0.2, -0.15) is 0 Å². The zero-order valence-corrected chi connectivity index (χ0v) is 10.5. The van der Waals surface area contributed by atoms with E-state index in [0.29, 0.717) is 6.61 Å². The van der Waals surface area contributed by atoms with Gasteiger partial charge in [0.15, 0.2) is 0 Å². The predicted molar refractivity (Wildman–Crippen MR) is 68.4 cm³/mol. The maximum Gasteiger partial charge on any atom is 0.0431 e. The third kappa shape index (κ3) is 4.96. The molecular weight excluding hydrogens is 287 g/mol. The highest BCUT2D eigenvalue weighted by molar-refractivity contribution is 14.1. The lowest BCUT2D eigenvalue weighted by Crippen LogP contribution is -1.87. The lowest BCUT2D eigenvalue weighted by Gasteiger charge is -2.01. The smallest absolute Gasteiger partial charge is 0.0431 e. The molecule has 1 N–H and O–H groups in total. The summed E-state index contributed by atoms with van der Waals surface area (Å²) in [5.74, 6) is 0. The van der Waals surface area contributed by atoms with Gasteiger partial charge >= 0.3 is 0 Å². The Morgan fingerprint density at radius 2 is 1.57 bits per heavy atom. The number of benzene rings is 1. The van der Waals surface area contributed by atoms with E-state index in [1.165, 1.54) is 28.4 Å². The van der Waals surface area contributed by atoms with E-state index in [-0.39, 0.29) is 0 Å². The molecule has 1 aromatic rings. The van der Waals surface area contributed by atoms with Gasteiger partial charge in [-0.25, -0.2) is 0 Å². The van der Waals surface area contributed by atoms with Crippen molar-refractivity contribution in [2.75, 3.05) is 6.61 Å². The normalized spacial score (nSPS) is 10.4. The summed E-state index contributed by atoms with van der Waals surface area (Å²) in [4.78, 5) is 0. The Hall–Kier alpha value is -0.0900. The molecule has 1 aromatic carbocycles. The summed E-state index contributed by atoms with van der Waals surface area (Å²) in [6.45, 7) is 0.337. The second-order valence-electron chi connectivity index (χ2n) is 3.51. The molecule has 0 radical (unpaired) electrons. The molecule has 1 rings (SSSR count). The Bertz CT molecular complexity index is 243. The van der Waals surface area contributed by atoms with Crippen molar-refractivity contribution in [3.05, 3.63) is 33.4 Å². The van der Waals surface area contributed by atoms with Crippen molar-refractivity contribution in [3.63, 3.8) is 0 Å². The highest BCUT2D eigenvalue weighted by atomic mass is 127. The summed E-state index contributed by atoms with van der Waals surface area (Å²) < 4.78 is 1.30. The van der Waals surface area contributed by atoms with Crippen LogP contribution in [0.4, 0.5) is 0 Å². The summed E-state index contributed by atoms with van der Waals surface area (Å²) in [7, 11) is 0. The summed E-state index contributed by atoms with van der Waals surface area (Å²) in [5, 5.41) is 8.61. The quantitative estimate of drug-likeness (QED) is 0.631. The van der Waals surface area contributed by atoms with Gasteiger partial charge in [0.25, 0.3) is 0 Å². The van der Waals surface area contributed by atoms with Crippen molar-refractivity contribution in [3.8, 4) is 0 Å². The average molecular weight is 304 g/mol. The number of unbranched alkanes of at least 4 members (excludes halogenated alkanes) is 3. The molecule has 0 aliphatic heterocycles. The molecule has 0 unspecified atom stereocenters. The number of halogens is 1. The molecule has 2 heteroatoms. The maximum atomic E-state index is 8.61. The molecule has 0 heterocycles. The van der Waals surface area contributed by atoms with Crippen LogP contribution >= 0.6 is 22.6 Å². The first-order valence-electron chi connectivity index (χ1n) is 5.18. The van der Waals surface area contributed by atoms with Crippen LogP contribution in [0.5, 0.6) is 0 Å². The number of aliphatic hydroxyl groups excluding tert-OH is 1. The van der Waals surface area contributed by atoms with E-state index in [2.05, 4.69) is 46.9 Å². The van der Waals surface area contributed by atoms with Gasteiger partial charge in [0.1, 0.15) is 0 Å². The fraction of sp³-hybridized carbons (Fsp3) is 0.500. The third-order valence-corrected chi connectivity index (χ3v) is 3.01. The highest BCUT2D eigenvalue weighted by Crippen LogP contribution is 2.10. The van der Waals surface area contributed by atoms with E-state index in [0.717, 1.165) is 12.8 Å². The van der Waals surface area contributed by atoms with Crippen molar-refractivity contribution < 1.29 is 5.11 Å². The van der Waals surface area contributed by atoms with Crippen molar-refractivity contribution in [2.24, 2.45) is 0 Å². The van der Waals surface area contributed by atoms with Crippen LogP contribution in [0.2, 0.25) is 0 Å². The van der Waals surface area contributed by atoms with Crippen LogP contribution < -0.4 is 0 Å². The van der Waals surface area contributed by atoms with Gasteiger partial charge in [-0.1, -0.05) is 25.0 Å². The number of aliphatic hydroxyl groups is 1. The first-order chi connectivity index (χ1) is 6.83. The van der Waals surface area contributed by atoms with E-state index in [4.69, 9.17) is 5.11 Å². The summed E-state index contributed by atoms with van der Waals surface area (Å²) in [6.07, 6.45) is 5.74. The van der Waals surface area contributed by atoms with Crippen LogP contribution in [0.3, 0.4) is 0 Å². The van der Waals surface area contributed by atoms with Gasteiger partial charge in [0, 0.05) is 10.2 Å². The molecule has 0 fully saturated rings. The largest absolute Gasteiger partial charge is 0.396 e. The second kappa shape index (κ2) is 7.23. The molecule has 0 aliphatic carbocycles. The fourth-order valence-electron chi connectivity index (χ4n) is 1.45. The maximum absolute atomic E-state index is 8.61. The van der Waals surface area contributed by atoms with Crippen LogP contribution in [-0.4, -0.2) is 11.7 Å². The first-order valence-corrected chi connectivity index (χ1v) is 6.26. The summed E-state index contributed by atoms with van der Waals surface area (Å²) >= 11 is 2.32. The van der Waals surface area contributed by atoms with Crippen LogP contribution in [0, 0.1) is 3.57 Å². The molecule has 0 bridgehead atoms. The topological polar surface area (TPSA) is 20.2 Å². The van der Waals surface area contributed by atoms with Crippen LogP contribution in [0.25, 0.3) is 0 Å². The lowest BCUT2D eigenvalue weighted by molar-refractivity contribution is 0.282. The Balaban J connectivity index is 2.15. The van der Waals surface area contributed by atoms with E-state index in [9.17, 15) is 0 Å². The van der Waals surface area contributed by atoms with Gasteiger partial charge < -0.3 is 5.11 Å². The van der Waals surface area contributed by atoms with Gasteiger partial charge in [0.2, 0.25) is 0 Å². The number of aryl methyl sites for hydroxylation is 1. The monoisotopic (exact) mass is 304 g/mol. The Morgan fingerprint density at radius 3 is 2.21 bits per heavy atom. The van der Waals surface area contributed by atoms with Gasteiger partial charge in [-0.15, -0.1) is 0 Å². The van der Waals surface area contributed by atoms with Crippen molar-refractivity contribution in [1.82, 2.24) is 0 Å². The van der Waals surface area contributed by atoms with Crippen molar-refractivity contribution in [1.29, 1.82) is 0 Å². The zero-order valence-electron chi connectivity index (χ0n) is 8.38. The standard InChI is InChI=1S/C12H17IO/c13-12-8-6-11(7-9-12)5-3-1-2-4-10-14/h6-9,14H,1-5,10H2. The molecule has 78 valence electrons. The third-order valence-electron chi connectivity index (χ3n) is 2.29. The lowest BCUT2D eigenvalue weighted by atomic mass is 10.1. The first kappa shape index (κ1) is 12.0. The molecule has 0 spiro atoms. The molecule has 0 aliphatic rings. The van der Waals surface area contributed by atoms with Crippen LogP contribution in [0.15, 0.2) is 24.3 Å². The minimum atomic E-state index is 0.337. The number of rotatable bonds is 6. The molecule has 14 heavy (non-hydrogen) atoms. The summed E-state index contributed by atoms with van der Waals surface area (Å²) in [5.41, 5.74) is 1.43. The molecular formula is C12H17IO. The van der Waals surface area contributed by atoms with Crippen LogP contribution in [0.1, 0.15) is 31.2 Å². The second-order valence-corrected chi connectivity index (χ2v) is 4.76. The molecule has 0 saturated carbocycles. The van der Waals surface area contributed by atoms with Crippen molar-refractivity contribution >= 4 is 22.6 Å². The SMILES string of the molecule is OCCCCCCc1ccc(I)cc1. The molecule has 0 aromatic heterocycles. The van der Waals surface area contributed by atoms with Gasteiger partial charge in [-0.3, -0.25) is 0 Å². The van der Waals surface area contributed by atoms with E-state index < -0.39 is 0 Å². The molecule has 0 saturated heterocycles. The Kier molecular flexibility index (Phi) is 6.19. The fourth-order valence-corrected chi connectivity index (χ4v) is 1.81. The minimum Gasteiger partial charge on any atom is -0.396 e. The average Bonchev–Trinajstić information content (AvgIpc) is 2.21. The molecule has 1 nitrogen and oxygen atoms in total. The Labute approximate surface area is 99.7 Å². The molecule has 0 amide bonds. The summed E-state index contributed by atoms with van der Waals surface area (Å²) in [6, 6.07) is 8.72. The van der Waals surface area contributed by atoms with Gasteiger partial charge in [-0.05, 0) is 59.5 Å². The zero-order chi connectivity index (χ0) is 10.2. The van der Waals surface area contributed by atoms with E-state index >= 15 is 0 Å². The Morgan fingerprint density at radius 1 is 0.929 bits per heavy atom. The predicted octanol–water partition coefficient (Wildman–Crippen LogP) is 3.39.